The van der Waals surface area contributed by atoms with Gasteiger partial charge in [-0.1, -0.05) is 29.8 Å². The van der Waals surface area contributed by atoms with Crippen LogP contribution in [0.3, 0.4) is 0 Å². The number of aromatic nitrogens is 1. The first kappa shape index (κ1) is 19.4. The minimum absolute atomic E-state index is 0.115. The van der Waals surface area contributed by atoms with Crippen molar-refractivity contribution < 1.29 is 9.53 Å². The van der Waals surface area contributed by atoms with Crippen molar-refractivity contribution in [2.24, 2.45) is 0 Å². The molecule has 0 aliphatic heterocycles. The van der Waals surface area contributed by atoms with Crippen LogP contribution in [-0.2, 0) is 6.54 Å². The fourth-order valence-electron chi connectivity index (χ4n) is 2.74. The molecule has 0 bridgehead atoms. The molecule has 1 aromatic heterocycles. The maximum absolute atomic E-state index is 12.4. The van der Waals surface area contributed by atoms with E-state index < -0.39 is 0 Å². The Bertz CT molecular complexity index is 919. The van der Waals surface area contributed by atoms with E-state index in [2.05, 4.69) is 40.7 Å². The van der Waals surface area contributed by atoms with Gasteiger partial charge in [-0.3, -0.25) is 4.79 Å². The lowest BCUT2D eigenvalue weighted by Gasteiger charge is -2.11. The first-order chi connectivity index (χ1) is 13.5. The van der Waals surface area contributed by atoms with E-state index in [4.69, 9.17) is 4.74 Å². The molecule has 5 heteroatoms. The molecule has 1 heterocycles. The molecule has 0 atom stereocenters. The molecular weight excluding hydrogens is 350 g/mol. The van der Waals surface area contributed by atoms with Crippen LogP contribution < -0.4 is 15.4 Å². The van der Waals surface area contributed by atoms with Crippen LogP contribution in [0, 0.1) is 6.92 Å². The molecule has 0 aliphatic rings. The molecule has 0 saturated carbocycles. The minimum Gasteiger partial charge on any atom is -0.491 e. The molecular formula is C23H25N3O2. The van der Waals surface area contributed by atoms with Crippen LogP contribution in [0.4, 0.5) is 11.5 Å². The Kier molecular flexibility index (Phi) is 6.27. The van der Waals surface area contributed by atoms with E-state index in [1.807, 2.05) is 50.2 Å². The second kappa shape index (κ2) is 9.04. The number of hydrogen-bond acceptors (Lipinski definition) is 4. The van der Waals surface area contributed by atoms with Crippen molar-refractivity contribution in [2.45, 2.75) is 33.4 Å². The largest absolute Gasteiger partial charge is 0.491 e. The van der Waals surface area contributed by atoms with Gasteiger partial charge in [-0.25, -0.2) is 4.98 Å². The second-order valence-electron chi connectivity index (χ2n) is 6.92. The summed E-state index contributed by atoms with van der Waals surface area (Å²) in [5.41, 5.74) is 3.63. The summed E-state index contributed by atoms with van der Waals surface area (Å²) in [6.45, 7) is 6.70. The average molecular weight is 375 g/mol. The highest BCUT2D eigenvalue weighted by molar-refractivity contribution is 6.04. The quantitative estimate of drug-likeness (QED) is 0.607. The Labute approximate surface area is 165 Å². The van der Waals surface area contributed by atoms with Crippen LogP contribution >= 0.6 is 0 Å². The molecule has 2 aromatic carbocycles. The highest BCUT2D eigenvalue weighted by Gasteiger charge is 2.07. The maximum atomic E-state index is 12.4. The van der Waals surface area contributed by atoms with Crippen molar-refractivity contribution >= 4 is 17.4 Å². The molecule has 0 saturated heterocycles. The third-order valence-electron chi connectivity index (χ3n) is 4.07. The molecule has 0 unspecified atom stereocenters. The Hall–Kier alpha value is -3.34. The summed E-state index contributed by atoms with van der Waals surface area (Å²) in [6.07, 6.45) is 1.69. The number of ether oxygens (including phenoxy) is 1. The van der Waals surface area contributed by atoms with E-state index >= 15 is 0 Å². The molecule has 0 spiro atoms. The van der Waals surface area contributed by atoms with E-state index in [-0.39, 0.29) is 12.0 Å². The number of aryl methyl sites for hydroxylation is 1. The van der Waals surface area contributed by atoms with Crippen molar-refractivity contribution in [3.05, 3.63) is 83.6 Å². The predicted octanol–water partition coefficient (Wildman–Crippen LogP) is 5.04. The van der Waals surface area contributed by atoms with Gasteiger partial charge in [0.25, 0.3) is 5.91 Å². The molecule has 2 N–H and O–H groups in total. The summed E-state index contributed by atoms with van der Waals surface area (Å²) in [7, 11) is 0. The van der Waals surface area contributed by atoms with Gasteiger partial charge in [0, 0.05) is 18.4 Å². The predicted molar refractivity (Wildman–Crippen MR) is 113 cm³/mol. The average Bonchev–Trinajstić information content (AvgIpc) is 2.68. The van der Waals surface area contributed by atoms with Crippen LogP contribution in [0.5, 0.6) is 5.75 Å². The molecule has 0 radical (unpaired) electrons. The third-order valence-corrected chi connectivity index (χ3v) is 4.07. The van der Waals surface area contributed by atoms with Gasteiger partial charge in [-0.05, 0) is 62.7 Å². The minimum atomic E-state index is -0.199. The number of anilines is 2. The summed E-state index contributed by atoms with van der Waals surface area (Å²) in [5.74, 6) is 1.31. The Morgan fingerprint density at radius 1 is 1.07 bits per heavy atom. The zero-order valence-corrected chi connectivity index (χ0v) is 16.4. The monoisotopic (exact) mass is 375 g/mol. The Balaban J connectivity index is 1.56. The summed E-state index contributed by atoms with van der Waals surface area (Å²) in [6, 6.07) is 19.2. The molecule has 144 valence electrons. The van der Waals surface area contributed by atoms with Crippen molar-refractivity contribution in [1.82, 2.24) is 4.98 Å². The molecule has 1 amide bonds. The van der Waals surface area contributed by atoms with Gasteiger partial charge in [0.15, 0.2) is 0 Å². The van der Waals surface area contributed by atoms with Gasteiger partial charge in [-0.2, -0.15) is 0 Å². The highest BCUT2D eigenvalue weighted by Crippen LogP contribution is 2.18. The molecule has 3 rings (SSSR count). The summed E-state index contributed by atoms with van der Waals surface area (Å²) in [5, 5.41) is 6.14. The van der Waals surface area contributed by atoms with Crippen LogP contribution in [0.25, 0.3) is 0 Å². The fourth-order valence-corrected chi connectivity index (χ4v) is 2.74. The van der Waals surface area contributed by atoms with Crippen LogP contribution in [0.1, 0.15) is 35.3 Å². The fraction of sp³-hybridized carbons (Fsp3) is 0.217. The molecule has 28 heavy (non-hydrogen) atoms. The van der Waals surface area contributed by atoms with E-state index in [1.165, 1.54) is 11.1 Å². The van der Waals surface area contributed by atoms with Gasteiger partial charge < -0.3 is 15.4 Å². The zero-order chi connectivity index (χ0) is 19.9. The number of carbonyl (C=O) groups is 1. The number of rotatable bonds is 7. The van der Waals surface area contributed by atoms with Gasteiger partial charge in [-0.15, -0.1) is 0 Å². The summed E-state index contributed by atoms with van der Waals surface area (Å²) >= 11 is 0. The van der Waals surface area contributed by atoms with Crippen molar-refractivity contribution in [3.63, 3.8) is 0 Å². The number of amides is 1. The number of benzene rings is 2. The topological polar surface area (TPSA) is 63.2 Å². The number of hydrogen-bond donors (Lipinski definition) is 2. The maximum Gasteiger partial charge on any atom is 0.257 e. The highest BCUT2D eigenvalue weighted by atomic mass is 16.5. The lowest BCUT2D eigenvalue weighted by molar-refractivity contribution is 0.102. The Morgan fingerprint density at radius 3 is 2.50 bits per heavy atom. The lowest BCUT2D eigenvalue weighted by Crippen LogP contribution is -2.12. The zero-order valence-electron chi connectivity index (χ0n) is 16.4. The Morgan fingerprint density at radius 2 is 1.86 bits per heavy atom. The molecule has 5 nitrogen and oxygen atoms in total. The summed E-state index contributed by atoms with van der Waals surface area (Å²) < 4.78 is 5.60. The smallest absolute Gasteiger partial charge is 0.257 e. The van der Waals surface area contributed by atoms with E-state index in [0.29, 0.717) is 17.8 Å². The van der Waals surface area contributed by atoms with Crippen molar-refractivity contribution in [2.75, 3.05) is 10.6 Å². The third kappa shape index (κ3) is 5.58. The van der Waals surface area contributed by atoms with Gasteiger partial charge in [0.1, 0.15) is 11.6 Å². The van der Waals surface area contributed by atoms with E-state index in [0.717, 1.165) is 11.6 Å². The van der Waals surface area contributed by atoms with E-state index in [9.17, 15) is 4.79 Å². The second-order valence-corrected chi connectivity index (χ2v) is 6.92. The van der Waals surface area contributed by atoms with Crippen LogP contribution in [-0.4, -0.2) is 17.0 Å². The lowest BCUT2D eigenvalue weighted by atomic mass is 10.1. The van der Waals surface area contributed by atoms with Gasteiger partial charge in [0.2, 0.25) is 0 Å². The first-order valence-corrected chi connectivity index (χ1v) is 9.33. The number of nitrogens with zero attached hydrogens (tertiary/aromatic N) is 1. The van der Waals surface area contributed by atoms with Gasteiger partial charge in [0.05, 0.1) is 11.7 Å². The molecule has 0 fully saturated rings. The number of carbonyl (C=O) groups excluding carboxylic acids is 1. The van der Waals surface area contributed by atoms with E-state index in [1.54, 1.807) is 12.3 Å². The van der Waals surface area contributed by atoms with Crippen molar-refractivity contribution in [1.29, 1.82) is 0 Å². The number of pyridine rings is 1. The van der Waals surface area contributed by atoms with Crippen LogP contribution in [0.2, 0.25) is 0 Å². The first-order valence-electron chi connectivity index (χ1n) is 9.33. The molecule has 3 aromatic rings. The van der Waals surface area contributed by atoms with Gasteiger partial charge >= 0.3 is 0 Å². The summed E-state index contributed by atoms with van der Waals surface area (Å²) in [4.78, 5) is 16.7. The standard InChI is InChI=1S/C23H25N3O2/c1-16(2)28-21-10-8-20(9-11-21)26-23(27)19-7-12-22(25-15-19)24-14-18-6-4-5-17(3)13-18/h4-13,15-16H,14H2,1-3H3,(H,24,25)(H,26,27). The molecule has 0 aliphatic carbocycles. The van der Waals surface area contributed by atoms with Crippen LogP contribution in [0.15, 0.2) is 66.9 Å². The number of nitrogens with one attached hydrogen (secondary N) is 2. The SMILES string of the molecule is Cc1cccc(CNc2ccc(C(=O)Nc3ccc(OC(C)C)cc3)cn2)c1. The normalized spacial score (nSPS) is 10.6. The van der Waals surface area contributed by atoms with Crippen molar-refractivity contribution in [3.8, 4) is 5.75 Å².